The fourth-order valence-electron chi connectivity index (χ4n) is 2.93. The molecule has 1 amide bonds. The summed E-state index contributed by atoms with van der Waals surface area (Å²) in [4.78, 5) is 12.0. The molecule has 0 saturated carbocycles. The molecule has 0 aromatic heterocycles. The molecule has 1 unspecified atom stereocenters. The molecule has 1 aliphatic heterocycles. The van der Waals surface area contributed by atoms with E-state index >= 15 is 0 Å². The summed E-state index contributed by atoms with van der Waals surface area (Å²) in [5, 5.41) is 5.70. The molecule has 0 bridgehead atoms. The third kappa shape index (κ3) is 4.45. The second-order valence-corrected chi connectivity index (χ2v) is 8.41. The van der Waals surface area contributed by atoms with Crippen LogP contribution < -0.4 is 4.72 Å². The van der Waals surface area contributed by atoms with Gasteiger partial charge in [-0.2, -0.15) is 5.10 Å². The van der Waals surface area contributed by atoms with Crippen molar-refractivity contribution in [3.8, 4) is 0 Å². The van der Waals surface area contributed by atoms with Crippen LogP contribution in [0.4, 0.5) is 10.1 Å². The normalized spacial score (nSPS) is 17.0. The van der Waals surface area contributed by atoms with Gasteiger partial charge in [-0.3, -0.25) is 9.52 Å². The summed E-state index contributed by atoms with van der Waals surface area (Å²) in [5.41, 5.74) is 2.37. The highest BCUT2D eigenvalue weighted by Gasteiger charge is 2.31. The Morgan fingerprint density at radius 2 is 2.04 bits per heavy atom. The lowest BCUT2D eigenvalue weighted by Crippen LogP contribution is -2.24. The van der Waals surface area contributed by atoms with Gasteiger partial charge in [-0.1, -0.05) is 29.8 Å². The van der Waals surface area contributed by atoms with Crippen LogP contribution in [0, 0.1) is 5.82 Å². The summed E-state index contributed by atoms with van der Waals surface area (Å²) in [6.45, 7) is 1.40. The minimum absolute atomic E-state index is 0.0243. The van der Waals surface area contributed by atoms with E-state index in [-0.39, 0.29) is 10.9 Å². The molecule has 142 valence electrons. The van der Waals surface area contributed by atoms with Gasteiger partial charge < -0.3 is 0 Å². The van der Waals surface area contributed by atoms with Crippen molar-refractivity contribution in [2.24, 2.45) is 5.10 Å². The Labute approximate surface area is 161 Å². The van der Waals surface area contributed by atoms with Crippen LogP contribution in [0.5, 0.6) is 0 Å². The van der Waals surface area contributed by atoms with E-state index in [9.17, 15) is 17.6 Å². The van der Waals surface area contributed by atoms with Crippen molar-refractivity contribution in [3.05, 3.63) is 64.4 Å². The van der Waals surface area contributed by atoms with Crippen molar-refractivity contribution in [3.63, 3.8) is 0 Å². The van der Waals surface area contributed by atoms with Gasteiger partial charge in [-0.05, 0) is 35.4 Å². The standard InChI is InChI=1S/C18H17ClFN3O3S/c1-11(24)23-18(13-6-7-16(20)15(19)9-13)10-17(21-23)12-4-3-5-14(8-12)22-27(2,25)26/h3-9,18,22H,10H2,1-2H3. The molecule has 0 radical (unpaired) electrons. The summed E-state index contributed by atoms with van der Waals surface area (Å²) in [5.74, 6) is -0.797. The molecule has 0 aliphatic carbocycles. The van der Waals surface area contributed by atoms with Gasteiger partial charge in [0.05, 0.1) is 23.0 Å². The zero-order valence-electron chi connectivity index (χ0n) is 14.6. The second kappa shape index (κ2) is 7.28. The van der Waals surface area contributed by atoms with Crippen LogP contribution in [0.15, 0.2) is 47.6 Å². The molecule has 2 aromatic carbocycles. The molecule has 0 spiro atoms. The number of benzene rings is 2. The first-order valence-electron chi connectivity index (χ1n) is 8.04. The van der Waals surface area contributed by atoms with Gasteiger partial charge in [0.25, 0.3) is 0 Å². The lowest BCUT2D eigenvalue weighted by atomic mass is 9.98. The van der Waals surface area contributed by atoms with Gasteiger partial charge in [0.2, 0.25) is 15.9 Å². The molecule has 3 rings (SSSR count). The van der Waals surface area contributed by atoms with E-state index in [0.717, 1.165) is 6.26 Å². The van der Waals surface area contributed by atoms with Crippen molar-refractivity contribution in [1.82, 2.24) is 5.01 Å². The Morgan fingerprint density at radius 1 is 1.30 bits per heavy atom. The molecular formula is C18H17ClFN3O3S. The minimum Gasteiger partial charge on any atom is -0.284 e. The van der Waals surface area contributed by atoms with Crippen molar-refractivity contribution >= 4 is 38.9 Å². The number of hydrogen-bond donors (Lipinski definition) is 1. The summed E-state index contributed by atoms with van der Waals surface area (Å²) in [7, 11) is -3.41. The van der Waals surface area contributed by atoms with Crippen molar-refractivity contribution in [2.45, 2.75) is 19.4 Å². The zero-order valence-corrected chi connectivity index (χ0v) is 16.2. The van der Waals surface area contributed by atoms with Crippen LogP contribution in [-0.2, 0) is 14.8 Å². The van der Waals surface area contributed by atoms with Crippen LogP contribution in [0.1, 0.15) is 30.5 Å². The maximum atomic E-state index is 13.5. The van der Waals surface area contributed by atoms with Crippen LogP contribution in [0.2, 0.25) is 5.02 Å². The summed E-state index contributed by atoms with van der Waals surface area (Å²) < 4.78 is 38.7. The molecule has 9 heteroatoms. The Morgan fingerprint density at radius 3 is 2.67 bits per heavy atom. The maximum Gasteiger partial charge on any atom is 0.240 e. The third-order valence-corrected chi connectivity index (χ3v) is 4.96. The van der Waals surface area contributed by atoms with Crippen LogP contribution in [0.3, 0.4) is 0 Å². The van der Waals surface area contributed by atoms with E-state index < -0.39 is 21.9 Å². The van der Waals surface area contributed by atoms with Crippen molar-refractivity contribution < 1.29 is 17.6 Å². The number of carbonyl (C=O) groups is 1. The van der Waals surface area contributed by atoms with E-state index in [1.54, 1.807) is 30.3 Å². The first-order chi connectivity index (χ1) is 12.6. The fourth-order valence-corrected chi connectivity index (χ4v) is 3.67. The highest BCUT2D eigenvalue weighted by molar-refractivity contribution is 7.92. The molecule has 1 heterocycles. The first kappa shape index (κ1) is 19.3. The Bertz CT molecular complexity index is 1040. The minimum atomic E-state index is -3.41. The summed E-state index contributed by atoms with van der Waals surface area (Å²) in [6, 6.07) is 10.7. The molecule has 0 saturated heterocycles. The summed E-state index contributed by atoms with van der Waals surface area (Å²) >= 11 is 5.87. The van der Waals surface area contributed by atoms with E-state index in [1.165, 1.54) is 24.1 Å². The summed E-state index contributed by atoms with van der Waals surface area (Å²) in [6.07, 6.45) is 1.46. The van der Waals surface area contributed by atoms with Gasteiger partial charge in [0, 0.05) is 19.0 Å². The Kier molecular flexibility index (Phi) is 5.21. The van der Waals surface area contributed by atoms with Gasteiger partial charge in [-0.25, -0.2) is 17.8 Å². The number of amides is 1. The Balaban J connectivity index is 1.93. The average Bonchev–Trinajstić information content (AvgIpc) is 3.02. The highest BCUT2D eigenvalue weighted by Crippen LogP contribution is 2.34. The number of hydrogen-bond acceptors (Lipinski definition) is 4. The number of hydrazone groups is 1. The molecule has 1 aliphatic rings. The first-order valence-corrected chi connectivity index (χ1v) is 10.3. The predicted molar refractivity (Wildman–Crippen MR) is 103 cm³/mol. The number of nitrogens with one attached hydrogen (secondary N) is 1. The second-order valence-electron chi connectivity index (χ2n) is 6.26. The van der Waals surface area contributed by atoms with E-state index in [1.807, 2.05) is 0 Å². The molecule has 2 aromatic rings. The quantitative estimate of drug-likeness (QED) is 0.838. The number of anilines is 1. The van der Waals surface area contributed by atoms with E-state index in [0.29, 0.717) is 28.9 Å². The molecule has 1 N–H and O–H groups in total. The zero-order chi connectivity index (χ0) is 19.8. The average molecular weight is 410 g/mol. The smallest absolute Gasteiger partial charge is 0.240 e. The molecule has 1 atom stereocenters. The van der Waals surface area contributed by atoms with Crippen molar-refractivity contribution in [1.29, 1.82) is 0 Å². The van der Waals surface area contributed by atoms with Gasteiger partial charge in [-0.15, -0.1) is 0 Å². The monoisotopic (exact) mass is 409 g/mol. The number of halogens is 2. The number of nitrogens with zero attached hydrogens (tertiary/aromatic N) is 2. The van der Waals surface area contributed by atoms with E-state index in [4.69, 9.17) is 11.6 Å². The van der Waals surface area contributed by atoms with E-state index in [2.05, 4.69) is 9.82 Å². The van der Waals surface area contributed by atoms with Crippen LogP contribution in [-0.4, -0.2) is 31.3 Å². The highest BCUT2D eigenvalue weighted by atomic mass is 35.5. The predicted octanol–water partition coefficient (Wildman–Crippen LogP) is 3.55. The Hall–Kier alpha value is -2.45. The maximum absolute atomic E-state index is 13.5. The van der Waals surface area contributed by atoms with Crippen LogP contribution in [0.25, 0.3) is 0 Å². The SMILES string of the molecule is CC(=O)N1N=C(c2cccc(NS(C)(=O)=O)c2)CC1c1ccc(F)c(Cl)c1. The van der Waals surface area contributed by atoms with Crippen LogP contribution >= 0.6 is 11.6 Å². The topological polar surface area (TPSA) is 78.8 Å². The molecule has 6 nitrogen and oxygen atoms in total. The lowest BCUT2D eigenvalue weighted by Gasteiger charge is -2.20. The molecular weight excluding hydrogens is 393 g/mol. The fraction of sp³-hybridized carbons (Fsp3) is 0.222. The molecule has 0 fully saturated rings. The van der Waals surface area contributed by atoms with Gasteiger partial charge in [0.15, 0.2) is 0 Å². The number of rotatable bonds is 4. The number of sulfonamides is 1. The van der Waals surface area contributed by atoms with Crippen molar-refractivity contribution in [2.75, 3.05) is 11.0 Å². The lowest BCUT2D eigenvalue weighted by molar-refractivity contribution is -0.130. The largest absolute Gasteiger partial charge is 0.284 e. The molecule has 27 heavy (non-hydrogen) atoms. The number of carbonyl (C=O) groups excluding carboxylic acids is 1. The van der Waals surface area contributed by atoms with Gasteiger partial charge in [0.1, 0.15) is 5.82 Å². The van der Waals surface area contributed by atoms with Gasteiger partial charge >= 0.3 is 0 Å². The third-order valence-electron chi connectivity index (χ3n) is 4.06.